The van der Waals surface area contributed by atoms with E-state index in [4.69, 9.17) is 11.6 Å². The Hall–Kier alpha value is -1.02. The largest absolute Gasteiger partial charge is 0.345 e. The normalized spacial score (nSPS) is 10.5. The lowest BCUT2D eigenvalue weighted by atomic mass is 10.3. The van der Waals surface area contributed by atoms with Crippen LogP contribution in [0.1, 0.15) is 0 Å². The minimum atomic E-state index is 0.693. The Balaban J connectivity index is 2.95. The number of hydrogen-bond donors (Lipinski definition) is 1. The van der Waals surface area contributed by atoms with Crippen LogP contribution in [-0.2, 0) is 0 Å². The van der Waals surface area contributed by atoms with Gasteiger partial charge in [-0.2, -0.15) is 0 Å². The third-order valence-corrected chi connectivity index (χ3v) is 1.71. The molecule has 0 fully saturated rings. The predicted molar refractivity (Wildman–Crippen MR) is 41.1 cm³/mol. The van der Waals surface area contributed by atoms with E-state index in [1.807, 2.05) is 18.2 Å². The molecule has 1 heterocycles. The van der Waals surface area contributed by atoms with Crippen LogP contribution in [0.15, 0.2) is 24.5 Å². The summed E-state index contributed by atoms with van der Waals surface area (Å²) in [7, 11) is 0. The van der Waals surface area contributed by atoms with Crippen LogP contribution in [0, 0.1) is 0 Å². The van der Waals surface area contributed by atoms with Gasteiger partial charge in [0.05, 0.1) is 16.9 Å². The summed E-state index contributed by atoms with van der Waals surface area (Å²) in [5, 5.41) is 0.693. The van der Waals surface area contributed by atoms with Gasteiger partial charge in [0, 0.05) is 0 Å². The highest BCUT2D eigenvalue weighted by Gasteiger charge is 1.97. The number of benzene rings is 1. The zero-order chi connectivity index (χ0) is 6.97. The molecule has 0 saturated heterocycles. The molecule has 0 saturated carbocycles. The van der Waals surface area contributed by atoms with Crippen molar-refractivity contribution < 1.29 is 0 Å². The van der Waals surface area contributed by atoms with E-state index >= 15 is 0 Å². The number of rotatable bonds is 0. The summed E-state index contributed by atoms with van der Waals surface area (Å²) in [6, 6.07) is 5.65. The molecule has 0 aliphatic carbocycles. The number of fused-ring (bicyclic) bond motifs is 1. The van der Waals surface area contributed by atoms with Gasteiger partial charge >= 0.3 is 0 Å². The maximum absolute atomic E-state index is 5.82. The molecule has 3 heteroatoms. The number of nitrogens with one attached hydrogen (secondary N) is 1. The molecule has 50 valence electrons. The van der Waals surface area contributed by atoms with Crippen molar-refractivity contribution in [1.82, 2.24) is 9.97 Å². The van der Waals surface area contributed by atoms with Crippen molar-refractivity contribution in [2.75, 3.05) is 0 Å². The number of halogens is 1. The van der Waals surface area contributed by atoms with E-state index in [2.05, 4.69) is 9.97 Å². The Labute approximate surface area is 62.8 Å². The first kappa shape index (κ1) is 5.74. The fraction of sp³-hybridized carbons (Fsp3) is 0. The summed E-state index contributed by atoms with van der Waals surface area (Å²) in [6.07, 6.45) is 1.64. The van der Waals surface area contributed by atoms with Gasteiger partial charge in [-0.1, -0.05) is 17.7 Å². The van der Waals surface area contributed by atoms with Crippen molar-refractivity contribution in [3.63, 3.8) is 0 Å². The predicted octanol–water partition coefficient (Wildman–Crippen LogP) is 2.22. The molecule has 10 heavy (non-hydrogen) atoms. The SMILES string of the molecule is Clc1cccc2[nH]cnc12. The van der Waals surface area contributed by atoms with Gasteiger partial charge in [-0.05, 0) is 12.1 Å². The maximum Gasteiger partial charge on any atom is 0.107 e. The second kappa shape index (κ2) is 1.99. The number of imidazole rings is 1. The summed E-state index contributed by atoms with van der Waals surface area (Å²) in [6.45, 7) is 0. The van der Waals surface area contributed by atoms with Crippen molar-refractivity contribution >= 4 is 22.6 Å². The maximum atomic E-state index is 5.82. The van der Waals surface area contributed by atoms with E-state index in [0.717, 1.165) is 11.0 Å². The third kappa shape index (κ3) is 0.693. The zero-order valence-electron chi connectivity index (χ0n) is 5.13. The lowest BCUT2D eigenvalue weighted by Crippen LogP contribution is -1.68. The summed E-state index contributed by atoms with van der Waals surface area (Å²) in [5.41, 5.74) is 1.82. The van der Waals surface area contributed by atoms with E-state index in [1.165, 1.54) is 0 Å². The molecule has 0 atom stereocenters. The average Bonchev–Trinajstić information content (AvgIpc) is 2.36. The summed E-state index contributed by atoms with van der Waals surface area (Å²) < 4.78 is 0. The van der Waals surface area contributed by atoms with Gasteiger partial charge < -0.3 is 4.98 Å². The first-order chi connectivity index (χ1) is 4.88. The molecule has 2 rings (SSSR count). The van der Waals surface area contributed by atoms with Crippen LogP contribution >= 0.6 is 11.6 Å². The number of para-hydroxylation sites is 1. The Morgan fingerprint density at radius 3 is 3.10 bits per heavy atom. The molecule has 2 nitrogen and oxygen atoms in total. The summed E-state index contributed by atoms with van der Waals surface area (Å²) in [4.78, 5) is 7.00. The van der Waals surface area contributed by atoms with Gasteiger partial charge in [0.2, 0.25) is 0 Å². The standard InChI is InChI=1S/C7H5ClN2/c8-5-2-1-3-6-7(5)10-4-9-6/h1-4H,(H,9,10). The second-order valence-corrected chi connectivity index (χ2v) is 2.45. The summed E-state index contributed by atoms with van der Waals surface area (Å²) in [5.74, 6) is 0. The van der Waals surface area contributed by atoms with Crippen molar-refractivity contribution in [3.8, 4) is 0 Å². The highest BCUT2D eigenvalue weighted by molar-refractivity contribution is 6.34. The molecule has 0 radical (unpaired) electrons. The van der Waals surface area contributed by atoms with E-state index < -0.39 is 0 Å². The van der Waals surface area contributed by atoms with E-state index in [0.29, 0.717) is 5.02 Å². The van der Waals surface area contributed by atoms with Gasteiger partial charge in [0.25, 0.3) is 0 Å². The molecular weight excluding hydrogens is 148 g/mol. The second-order valence-electron chi connectivity index (χ2n) is 2.04. The Kier molecular flexibility index (Phi) is 1.14. The molecular formula is C7H5ClN2. The van der Waals surface area contributed by atoms with E-state index in [1.54, 1.807) is 6.33 Å². The highest BCUT2D eigenvalue weighted by atomic mass is 35.5. The summed E-state index contributed by atoms with van der Waals surface area (Å²) >= 11 is 5.82. The number of H-pyrrole nitrogens is 1. The topological polar surface area (TPSA) is 28.7 Å². The van der Waals surface area contributed by atoms with Crippen LogP contribution in [0.2, 0.25) is 5.02 Å². The monoisotopic (exact) mass is 152 g/mol. The molecule has 0 amide bonds. The molecule has 0 bridgehead atoms. The molecule has 2 aromatic rings. The number of aromatic amines is 1. The number of nitrogens with zero attached hydrogens (tertiary/aromatic N) is 1. The minimum Gasteiger partial charge on any atom is -0.345 e. The fourth-order valence-electron chi connectivity index (χ4n) is 0.929. The van der Waals surface area contributed by atoms with Gasteiger partial charge in [0.15, 0.2) is 0 Å². The smallest absolute Gasteiger partial charge is 0.107 e. The van der Waals surface area contributed by atoms with Crippen molar-refractivity contribution in [3.05, 3.63) is 29.5 Å². The van der Waals surface area contributed by atoms with Crippen LogP contribution in [0.5, 0.6) is 0 Å². The van der Waals surface area contributed by atoms with E-state index in [-0.39, 0.29) is 0 Å². The minimum absolute atomic E-state index is 0.693. The molecule has 0 spiro atoms. The first-order valence-electron chi connectivity index (χ1n) is 2.95. The van der Waals surface area contributed by atoms with Gasteiger partial charge in [-0.3, -0.25) is 0 Å². The highest BCUT2D eigenvalue weighted by Crippen LogP contribution is 2.18. The van der Waals surface area contributed by atoms with Crippen molar-refractivity contribution in [2.24, 2.45) is 0 Å². The van der Waals surface area contributed by atoms with Gasteiger partial charge in [-0.15, -0.1) is 0 Å². The third-order valence-electron chi connectivity index (χ3n) is 1.40. The van der Waals surface area contributed by atoms with Gasteiger partial charge in [-0.25, -0.2) is 4.98 Å². The average molecular weight is 153 g/mol. The molecule has 0 aliphatic heterocycles. The van der Waals surface area contributed by atoms with Gasteiger partial charge in [0.1, 0.15) is 5.52 Å². The van der Waals surface area contributed by atoms with Crippen LogP contribution in [0.3, 0.4) is 0 Å². The lowest BCUT2D eigenvalue weighted by Gasteiger charge is -1.88. The molecule has 1 N–H and O–H groups in total. The van der Waals surface area contributed by atoms with E-state index in [9.17, 15) is 0 Å². The number of hydrogen-bond acceptors (Lipinski definition) is 1. The molecule has 1 aromatic carbocycles. The number of aromatic nitrogens is 2. The van der Waals surface area contributed by atoms with Crippen molar-refractivity contribution in [1.29, 1.82) is 0 Å². The van der Waals surface area contributed by atoms with Crippen LogP contribution < -0.4 is 0 Å². The van der Waals surface area contributed by atoms with Crippen LogP contribution in [0.25, 0.3) is 11.0 Å². The Morgan fingerprint density at radius 1 is 1.40 bits per heavy atom. The fourth-order valence-corrected chi connectivity index (χ4v) is 1.15. The Bertz CT molecular complexity index is 353. The molecule has 1 aromatic heterocycles. The zero-order valence-corrected chi connectivity index (χ0v) is 5.89. The Morgan fingerprint density at radius 2 is 2.30 bits per heavy atom. The quantitative estimate of drug-likeness (QED) is 0.616. The molecule has 0 unspecified atom stereocenters. The van der Waals surface area contributed by atoms with Crippen molar-refractivity contribution in [2.45, 2.75) is 0 Å². The first-order valence-corrected chi connectivity index (χ1v) is 3.33. The van der Waals surface area contributed by atoms with Crippen LogP contribution in [0.4, 0.5) is 0 Å². The van der Waals surface area contributed by atoms with Crippen LogP contribution in [-0.4, -0.2) is 9.97 Å². The lowest BCUT2D eigenvalue weighted by molar-refractivity contribution is 1.34. The molecule has 0 aliphatic rings.